The molecule has 0 aliphatic carbocycles. The lowest BCUT2D eigenvalue weighted by Crippen LogP contribution is -2.27. The van der Waals surface area contributed by atoms with Gasteiger partial charge in [-0.3, -0.25) is 0 Å². The number of fused-ring (bicyclic) bond motifs is 2. The van der Waals surface area contributed by atoms with Crippen LogP contribution >= 0.6 is 0 Å². The molecule has 0 amide bonds. The van der Waals surface area contributed by atoms with Crippen molar-refractivity contribution in [2.24, 2.45) is 0 Å². The fourth-order valence-electron chi connectivity index (χ4n) is 7.75. The van der Waals surface area contributed by atoms with Crippen molar-refractivity contribution in [3.05, 3.63) is 88.5 Å². The third kappa shape index (κ3) is 4.91. The predicted molar refractivity (Wildman–Crippen MR) is 174 cm³/mol. The molecule has 0 saturated carbocycles. The lowest BCUT2D eigenvalue weighted by atomic mass is 9.87. The van der Waals surface area contributed by atoms with Crippen LogP contribution in [0.25, 0.3) is 22.1 Å². The van der Waals surface area contributed by atoms with E-state index in [0.29, 0.717) is 46.0 Å². The Morgan fingerprint density at radius 2 is 1.16 bits per heavy atom. The molecule has 7 nitrogen and oxygen atoms in total. The van der Waals surface area contributed by atoms with Gasteiger partial charge < -0.3 is 25.5 Å². The average Bonchev–Trinajstić information content (AvgIpc) is 3.86. The fraction of sp³-hybridized carbons (Fsp3) is 0.444. The van der Waals surface area contributed by atoms with E-state index >= 15 is 8.78 Å². The number of rotatable bonds is 5. The van der Waals surface area contributed by atoms with Gasteiger partial charge in [0.15, 0.2) is 11.6 Å². The van der Waals surface area contributed by atoms with E-state index in [9.17, 15) is 0 Å². The van der Waals surface area contributed by atoms with Crippen LogP contribution in [-0.4, -0.2) is 33.0 Å². The van der Waals surface area contributed by atoms with E-state index < -0.39 is 0 Å². The minimum atomic E-state index is -0.299. The number of halogens is 2. The summed E-state index contributed by atoms with van der Waals surface area (Å²) < 4.78 is 32.9. The van der Waals surface area contributed by atoms with Crippen LogP contribution in [0, 0.1) is 11.6 Å². The minimum absolute atomic E-state index is 0.00566. The first-order chi connectivity index (χ1) is 21.8. The molecule has 9 heteroatoms. The molecular formula is C36H41F2N7. The summed E-state index contributed by atoms with van der Waals surface area (Å²) in [6.07, 6.45) is 5.52. The van der Waals surface area contributed by atoms with Crippen LogP contribution in [0.3, 0.4) is 0 Å². The summed E-state index contributed by atoms with van der Waals surface area (Å²) in [5.74, 6) is 0.983. The summed E-state index contributed by atoms with van der Waals surface area (Å²) in [6, 6.07) is 15.9. The highest BCUT2D eigenvalue weighted by Gasteiger charge is 2.39. The average molecular weight is 610 g/mol. The molecule has 3 aliphatic heterocycles. The van der Waals surface area contributed by atoms with Gasteiger partial charge in [-0.25, -0.2) is 18.7 Å². The summed E-state index contributed by atoms with van der Waals surface area (Å²) >= 11 is 0. The van der Waals surface area contributed by atoms with Gasteiger partial charge in [0, 0.05) is 16.8 Å². The Labute approximate surface area is 262 Å². The number of aromatic nitrogens is 4. The highest BCUT2D eigenvalue weighted by molar-refractivity contribution is 5.79. The lowest BCUT2D eigenvalue weighted by Gasteiger charge is -2.34. The number of H-pyrrole nitrogens is 2. The first kappa shape index (κ1) is 28.6. The predicted octanol–water partition coefficient (Wildman–Crippen LogP) is 7.95. The largest absolute Gasteiger partial charge is 0.357 e. The van der Waals surface area contributed by atoms with Crippen molar-refractivity contribution < 1.29 is 8.78 Å². The lowest BCUT2D eigenvalue weighted by molar-refractivity contribution is 0.567. The van der Waals surface area contributed by atoms with E-state index in [2.05, 4.69) is 70.5 Å². The zero-order chi connectivity index (χ0) is 30.9. The summed E-state index contributed by atoms with van der Waals surface area (Å²) in [5.41, 5.74) is 5.51. The summed E-state index contributed by atoms with van der Waals surface area (Å²) in [6.45, 7) is 8.47. The van der Waals surface area contributed by atoms with Crippen molar-refractivity contribution in [1.29, 1.82) is 0 Å². The Balaban J connectivity index is 1.21. The van der Waals surface area contributed by atoms with Crippen molar-refractivity contribution >= 4 is 27.8 Å². The molecule has 45 heavy (non-hydrogen) atoms. The minimum Gasteiger partial charge on any atom is -0.357 e. The monoisotopic (exact) mass is 609 g/mol. The number of hydrogen-bond acceptors (Lipinski definition) is 5. The molecule has 4 N–H and O–H groups in total. The van der Waals surface area contributed by atoms with E-state index in [-0.39, 0.29) is 41.2 Å². The van der Waals surface area contributed by atoms with Gasteiger partial charge in [0.1, 0.15) is 22.7 Å². The Bertz CT molecular complexity index is 1750. The van der Waals surface area contributed by atoms with E-state index in [4.69, 9.17) is 9.97 Å². The molecule has 3 saturated heterocycles. The molecule has 5 aromatic rings. The molecule has 234 valence electrons. The molecule has 3 fully saturated rings. The maximum absolute atomic E-state index is 16.5. The van der Waals surface area contributed by atoms with Crippen LogP contribution in [0.15, 0.2) is 48.5 Å². The second-order valence-electron chi connectivity index (χ2n) is 14.1. The van der Waals surface area contributed by atoms with Crippen molar-refractivity contribution in [3.8, 4) is 0 Å². The van der Waals surface area contributed by atoms with Gasteiger partial charge in [-0.1, -0.05) is 45.0 Å². The van der Waals surface area contributed by atoms with Gasteiger partial charge in [-0.05, 0) is 86.9 Å². The third-order valence-electron chi connectivity index (χ3n) is 10.2. The van der Waals surface area contributed by atoms with Crippen LogP contribution in [-0.2, 0) is 5.41 Å². The second kappa shape index (κ2) is 10.9. The SMILES string of the molecule is CC(C)(C)c1ccc(N2C(c3ccc4[nH]c([C@@H]5CCCN5)nc4c3F)CC[C@@H]2c2ccc3[nH]c([C@@H]4CCCN4)nc3c2F)cc1. The Morgan fingerprint density at radius 1 is 0.667 bits per heavy atom. The van der Waals surface area contributed by atoms with E-state index in [1.54, 1.807) is 0 Å². The number of nitrogens with one attached hydrogen (secondary N) is 4. The van der Waals surface area contributed by atoms with E-state index in [1.807, 2.05) is 24.3 Å². The zero-order valence-corrected chi connectivity index (χ0v) is 26.2. The zero-order valence-electron chi connectivity index (χ0n) is 26.2. The number of anilines is 1. The highest BCUT2D eigenvalue weighted by atomic mass is 19.1. The van der Waals surface area contributed by atoms with Crippen LogP contribution in [0.1, 0.15) is 112 Å². The Morgan fingerprint density at radius 3 is 1.58 bits per heavy atom. The van der Waals surface area contributed by atoms with Gasteiger partial charge in [0.25, 0.3) is 0 Å². The normalized spacial score (nSPS) is 24.1. The summed E-state index contributed by atoms with van der Waals surface area (Å²) in [5, 5.41) is 6.91. The maximum atomic E-state index is 16.5. The molecule has 1 unspecified atom stereocenters. The fourth-order valence-corrected chi connectivity index (χ4v) is 7.75. The molecular weight excluding hydrogens is 568 g/mol. The van der Waals surface area contributed by atoms with Crippen molar-refractivity contribution in [3.63, 3.8) is 0 Å². The molecule has 5 heterocycles. The quantitative estimate of drug-likeness (QED) is 0.163. The summed E-state index contributed by atoms with van der Waals surface area (Å²) in [7, 11) is 0. The molecule has 8 rings (SSSR count). The van der Waals surface area contributed by atoms with Crippen LogP contribution in [0.2, 0.25) is 0 Å². The van der Waals surface area contributed by atoms with Gasteiger partial charge >= 0.3 is 0 Å². The first-order valence-electron chi connectivity index (χ1n) is 16.5. The van der Waals surface area contributed by atoms with E-state index in [1.165, 1.54) is 5.56 Å². The van der Waals surface area contributed by atoms with Crippen LogP contribution in [0.5, 0.6) is 0 Å². The number of imidazole rings is 2. The molecule has 3 aliphatic rings. The molecule has 3 aromatic carbocycles. The molecule has 0 radical (unpaired) electrons. The highest BCUT2D eigenvalue weighted by Crippen LogP contribution is 2.49. The van der Waals surface area contributed by atoms with Crippen LogP contribution < -0.4 is 15.5 Å². The van der Waals surface area contributed by atoms with Gasteiger partial charge in [-0.15, -0.1) is 0 Å². The van der Waals surface area contributed by atoms with Gasteiger partial charge in [0.05, 0.1) is 35.2 Å². The van der Waals surface area contributed by atoms with Crippen molar-refractivity contribution in [1.82, 2.24) is 30.6 Å². The maximum Gasteiger partial charge on any atom is 0.156 e. The number of nitrogens with zero attached hydrogens (tertiary/aromatic N) is 3. The standard InChI is InChI=1S/C36H41F2N7/c1-36(2,3)20-8-10-21(11-9-20)45-28(22-12-14-24-32(30(22)37)43-34(41-24)26-6-4-18-39-26)16-17-29(45)23-13-15-25-33(31(23)38)44-35(42-25)27-7-5-19-40-27/h8-15,26-29,39-40H,4-7,16-19H2,1-3H3,(H,41,43)(H,42,44)/t26-,27-,28+,29?/m0/s1. The van der Waals surface area contributed by atoms with Crippen molar-refractivity contribution in [2.75, 3.05) is 18.0 Å². The molecule has 0 spiro atoms. The number of aromatic amines is 2. The Kier molecular flexibility index (Phi) is 6.95. The topological polar surface area (TPSA) is 84.7 Å². The van der Waals surface area contributed by atoms with Crippen molar-refractivity contribution in [2.45, 2.75) is 88.9 Å². The van der Waals surface area contributed by atoms with E-state index in [0.717, 1.165) is 56.1 Å². The smallest absolute Gasteiger partial charge is 0.156 e. The summed E-state index contributed by atoms with van der Waals surface area (Å²) in [4.78, 5) is 18.4. The first-order valence-corrected chi connectivity index (χ1v) is 16.5. The number of hydrogen-bond donors (Lipinski definition) is 4. The second-order valence-corrected chi connectivity index (χ2v) is 14.1. The van der Waals surface area contributed by atoms with Gasteiger partial charge in [-0.2, -0.15) is 0 Å². The molecule has 2 aromatic heterocycles. The van der Waals surface area contributed by atoms with Crippen LogP contribution in [0.4, 0.5) is 14.5 Å². The number of benzene rings is 3. The molecule has 4 atom stereocenters. The third-order valence-corrected chi connectivity index (χ3v) is 10.2. The van der Waals surface area contributed by atoms with Gasteiger partial charge in [0.2, 0.25) is 0 Å². The molecule has 0 bridgehead atoms. The Hall–Kier alpha value is -3.82.